The molecule has 0 spiro atoms. The number of ether oxygens (including phenoxy) is 1. The van der Waals surface area contributed by atoms with Crippen LogP contribution in [0.3, 0.4) is 0 Å². The lowest BCUT2D eigenvalue weighted by atomic mass is 10.1. The van der Waals surface area contributed by atoms with E-state index in [0.29, 0.717) is 26.1 Å². The predicted molar refractivity (Wildman–Crippen MR) is 82.9 cm³/mol. The number of rotatable bonds is 4. The van der Waals surface area contributed by atoms with E-state index in [-0.39, 0.29) is 11.0 Å². The van der Waals surface area contributed by atoms with E-state index in [1.807, 2.05) is 30.3 Å². The molecule has 116 valence electrons. The molecule has 1 aromatic heterocycles. The molecule has 0 amide bonds. The van der Waals surface area contributed by atoms with E-state index in [1.165, 1.54) is 10.5 Å². The number of aromatic nitrogens is 1. The number of hydrogen-bond donors (Lipinski definition) is 0. The molecular formula is C16H18N2O3S. The molecule has 1 aromatic carbocycles. The van der Waals surface area contributed by atoms with Crippen molar-refractivity contribution in [3.05, 3.63) is 60.4 Å². The number of nitrogens with zero attached hydrogens (tertiary/aromatic N) is 2. The van der Waals surface area contributed by atoms with Crippen molar-refractivity contribution in [3.63, 3.8) is 0 Å². The number of pyridine rings is 1. The molecular weight excluding hydrogens is 300 g/mol. The molecule has 3 rings (SSSR count). The first-order chi connectivity index (χ1) is 10.7. The van der Waals surface area contributed by atoms with Crippen LogP contribution in [0.1, 0.15) is 5.56 Å². The maximum atomic E-state index is 12.6. The third-order valence-corrected chi connectivity index (χ3v) is 5.53. The van der Waals surface area contributed by atoms with Gasteiger partial charge < -0.3 is 4.74 Å². The zero-order valence-electron chi connectivity index (χ0n) is 12.1. The van der Waals surface area contributed by atoms with Crippen LogP contribution in [-0.2, 0) is 21.2 Å². The number of benzene rings is 1. The average molecular weight is 318 g/mol. The van der Waals surface area contributed by atoms with E-state index in [4.69, 9.17) is 4.74 Å². The second-order valence-electron chi connectivity index (χ2n) is 5.23. The van der Waals surface area contributed by atoms with Gasteiger partial charge in [0.05, 0.1) is 12.7 Å². The summed E-state index contributed by atoms with van der Waals surface area (Å²) < 4.78 is 32.4. The van der Waals surface area contributed by atoms with E-state index < -0.39 is 10.0 Å². The summed E-state index contributed by atoms with van der Waals surface area (Å²) in [6.07, 6.45) is 3.54. The van der Waals surface area contributed by atoms with Crippen molar-refractivity contribution >= 4 is 10.0 Å². The van der Waals surface area contributed by atoms with Crippen molar-refractivity contribution in [1.82, 2.24) is 9.29 Å². The molecule has 6 heteroatoms. The standard InChI is InChI=1S/C16H18N2O3S/c19-22(20,16-7-4-8-17-12-16)18-9-10-21-15(13-18)11-14-5-2-1-3-6-14/h1-8,12,15H,9-11,13H2. The van der Waals surface area contributed by atoms with Crippen LogP contribution in [-0.4, -0.2) is 43.5 Å². The fourth-order valence-electron chi connectivity index (χ4n) is 2.56. The second-order valence-corrected chi connectivity index (χ2v) is 7.17. The summed E-state index contributed by atoms with van der Waals surface area (Å²) in [7, 11) is -3.50. The normalized spacial score (nSPS) is 19.9. The van der Waals surface area contributed by atoms with Gasteiger partial charge in [0.2, 0.25) is 10.0 Å². The van der Waals surface area contributed by atoms with Crippen LogP contribution in [0.15, 0.2) is 59.8 Å². The molecule has 1 aliphatic heterocycles. The Morgan fingerprint density at radius 1 is 1.18 bits per heavy atom. The summed E-state index contributed by atoms with van der Waals surface area (Å²) in [4.78, 5) is 4.13. The first-order valence-electron chi connectivity index (χ1n) is 7.22. The van der Waals surface area contributed by atoms with Crippen molar-refractivity contribution in [1.29, 1.82) is 0 Å². The van der Waals surface area contributed by atoms with Crippen molar-refractivity contribution in [2.75, 3.05) is 19.7 Å². The Morgan fingerprint density at radius 2 is 2.00 bits per heavy atom. The van der Waals surface area contributed by atoms with E-state index in [9.17, 15) is 8.42 Å². The third-order valence-electron chi connectivity index (χ3n) is 3.68. The largest absolute Gasteiger partial charge is 0.375 e. The average Bonchev–Trinajstić information content (AvgIpc) is 2.57. The van der Waals surface area contributed by atoms with Crippen LogP contribution < -0.4 is 0 Å². The zero-order valence-corrected chi connectivity index (χ0v) is 12.9. The van der Waals surface area contributed by atoms with Gasteiger partial charge in [0.25, 0.3) is 0 Å². The summed E-state index contributed by atoms with van der Waals surface area (Å²) in [5, 5.41) is 0. The maximum absolute atomic E-state index is 12.6. The van der Waals surface area contributed by atoms with Gasteiger partial charge >= 0.3 is 0 Å². The number of hydrogen-bond acceptors (Lipinski definition) is 4. The SMILES string of the molecule is O=S(=O)(c1cccnc1)N1CCOC(Cc2ccccc2)C1. The second kappa shape index (κ2) is 6.56. The lowest BCUT2D eigenvalue weighted by molar-refractivity contribution is -0.000500. The van der Waals surface area contributed by atoms with E-state index in [1.54, 1.807) is 18.3 Å². The first kappa shape index (κ1) is 15.1. The fraction of sp³-hybridized carbons (Fsp3) is 0.312. The Hall–Kier alpha value is -1.76. The molecule has 2 aromatic rings. The quantitative estimate of drug-likeness (QED) is 0.861. The highest BCUT2D eigenvalue weighted by molar-refractivity contribution is 7.89. The molecule has 5 nitrogen and oxygen atoms in total. The summed E-state index contributed by atoms with van der Waals surface area (Å²) >= 11 is 0. The highest BCUT2D eigenvalue weighted by Crippen LogP contribution is 2.19. The minimum atomic E-state index is -3.50. The van der Waals surface area contributed by atoms with Crippen molar-refractivity contribution < 1.29 is 13.2 Å². The molecule has 1 aliphatic rings. The monoisotopic (exact) mass is 318 g/mol. The molecule has 0 aliphatic carbocycles. The number of sulfonamides is 1. The van der Waals surface area contributed by atoms with E-state index in [2.05, 4.69) is 4.98 Å². The Balaban J connectivity index is 1.73. The smallest absolute Gasteiger partial charge is 0.244 e. The number of morpholine rings is 1. The Kier molecular flexibility index (Phi) is 4.52. The van der Waals surface area contributed by atoms with Gasteiger partial charge in [-0.15, -0.1) is 0 Å². The van der Waals surface area contributed by atoms with Gasteiger partial charge in [0.1, 0.15) is 4.90 Å². The van der Waals surface area contributed by atoms with Gasteiger partial charge in [-0.3, -0.25) is 4.98 Å². The summed E-state index contributed by atoms with van der Waals surface area (Å²) in [5.41, 5.74) is 1.15. The molecule has 0 radical (unpaired) electrons. The summed E-state index contributed by atoms with van der Waals surface area (Å²) in [6, 6.07) is 13.2. The van der Waals surface area contributed by atoms with E-state index >= 15 is 0 Å². The molecule has 1 atom stereocenters. The van der Waals surface area contributed by atoms with Crippen LogP contribution in [0.5, 0.6) is 0 Å². The molecule has 1 unspecified atom stereocenters. The first-order valence-corrected chi connectivity index (χ1v) is 8.66. The topological polar surface area (TPSA) is 59.5 Å². The van der Waals surface area contributed by atoms with Crippen LogP contribution in [0.4, 0.5) is 0 Å². The fourth-order valence-corrected chi connectivity index (χ4v) is 3.98. The molecule has 0 saturated carbocycles. The molecule has 0 bridgehead atoms. The van der Waals surface area contributed by atoms with Crippen LogP contribution in [0.25, 0.3) is 0 Å². The Labute approximate surface area is 130 Å². The summed E-state index contributed by atoms with van der Waals surface area (Å²) in [5.74, 6) is 0. The molecule has 22 heavy (non-hydrogen) atoms. The zero-order chi connectivity index (χ0) is 15.4. The maximum Gasteiger partial charge on any atom is 0.244 e. The highest BCUT2D eigenvalue weighted by atomic mass is 32.2. The molecule has 0 N–H and O–H groups in total. The van der Waals surface area contributed by atoms with E-state index in [0.717, 1.165) is 5.56 Å². The van der Waals surface area contributed by atoms with Gasteiger partial charge in [-0.2, -0.15) is 4.31 Å². The molecule has 1 fully saturated rings. The van der Waals surface area contributed by atoms with Gasteiger partial charge in [0, 0.05) is 25.5 Å². The van der Waals surface area contributed by atoms with Crippen molar-refractivity contribution in [3.8, 4) is 0 Å². The molecule has 1 saturated heterocycles. The summed E-state index contributed by atoms with van der Waals surface area (Å²) in [6.45, 7) is 1.16. The van der Waals surface area contributed by atoms with Crippen LogP contribution in [0.2, 0.25) is 0 Å². The minimum Gasteiger partial charge on any atom is -0.375 e. The Bertz CT molecular complexity index is 705. The third kappa shape index (κ3) is 3.35. The highest BCUT2D eigenvalue weighted by Gasteiger charge is 2.30. The van der Waals surface area contributed by atoms with Crippen molar-refractivity contribution in [2.45, 2.75) is 17.4 Å². The van der Waals surface area contributed by atoms with Gasteiger partial charge in [-0.25, -0.2) is 8.42 Å². The van der Waals surface area contributed by atoms with Gasteiger partial charge in [0.15, 0.2) is 0 Å². The van der Waals surface area contributed by atoms with Crippen LogP contribution in [0, 0.1) is 0 Å². The predicted octanol–water partition coefficient (Wildman–Crippen LogP) is 1.71. The van der Waals surface area contributed by atoms with Crippen molar-refractivity contribution in [2.24, 2.45) is 0 Å². The Morgan fingerprint density at radius 3 is 2.73 bits per heavy atom. The van der Waals surface area contributed by atoms with Gasteiger partial charge in [-0.1, -0.05) is 30.3 Å². The lowest BCUT2D eigenvalue weighted by Gasteiger charge is -2.32. The van der Waals surface area contributed by atoms with Gasteiger partial charge in [-0.05, 0) is 24.1 Å². The minimum absolute atomic E-state index is 0.123. The molecule has 2 heterocycles. The lowest BCUT2D eigenvalue weighted by Crippen LogP contribution is -2.46. The van der Waals surface area contributed by atoms with Crippen LogP contribution >= 0.6 is 0 Å².